The first-order chi connectivity index (χ1) is 8.30. The summed E-state index contributed by atoms with van der Waals surface area (Å²) in [7, 11) is 1.53. The number of hydrogen-bond acceptors (Lipinski definition) is 2. The van der Waals surface area contributed by atoms with E-state index in [0.717, 1.165) is 6.07 Å². The van der Waals surface area contributed by atoms with Gasteiger partial charge in [0.2, 0.25) is 4.77 Å². The van der Waals surface area contributed by atoms with Crippen molar-refractivity contribution < 1.29 is 17.6 Å². The van der Waals surface area contributed by atoms with Crippen LogP contribution in [0, 0.1) is 10.6 Å². The molecule has 0 bridgehead atoms. The van der Waals surface area contributed by atoms with Crippen LogP contribution in [0.15, 0.2) is 18.2 Å². The molecule has 0 atom stereocenters. The molecular formula is C10H7F4N3S. The summed E-state index contributed by atoms with van der Waals surface area (Å²) in [5, 5.41) is 2.57. The van der Waals surface area contributed by atoms with Crippen molar-refractivity contribution in [1.82, 2.24) is 14.8 Å². The number of H-pyrrole nitrogens is 1. The lowest BCUT2D eigenvalue weighted by Gasteiger charge is -2.09. The topological polar surface area (TPSA) is 33.6 Å². The Bertz CT molecular complexity index is 641. The number of aryl methyl sites for hydroxylation is 1. The number of nitrogens with zero attached hydrogens (tertiary/aromatic N) is 2. The van der Waals surface area contributed by atoms with Gasteiger partial charge in [-0.3, -0.25) is 9.78 Å². The fourth-order valence-electron chi connectivity index (χ4n) is 1.46. The van der Waals surface area contributed by atoms with Gasteiger partial charge in [0.15, 0.2) is 5.82 Å². The Balaban J connectivity index is 2.63. The quantitative estimate of drug-likeness (QED) is 0.641. The first-order valence-corrected chi connectivity index (χ1v) is 5.20. The number of halogens is 4. The van der Waals surface area contributed by atoms with Crippen molar-refractivity contribution in [2.45, 2.75) is 6.18 Å². The maximum atomic E-state index is 13.8. The van der Waals surface area contributed by atoms with Gasteiger partial charge in [-0.05, 0) is 24.4 Å². The summed E-state index contributed by atoms with van der Waals surface area (Å²) in [6.07, 6.45) is -4.74. The number of benzene rings is 1. The molecule has 18 heavy (non-hydrogen) atoms. The zero-order valence-electron chi connectivity index (χ0n) is 9.05. The van der Waals surface area contributed by atoms with E-state index in [9.17, 15) is 17.6 Å². The van der Waals surface area contributed by atoms with E-state index in [4.69, 9.17) is 12.2 Å². The van der Waals surface area contributed by atoms with Gasteiger partial charge in [0, 0.05) is 7.05 Å². The highest BCUT2D eigenvalue weighted by Crippen LogP contribution is 2.34. The Labute approximate surface area is 104 Å². The highest BCUT2D eigenvalue weighted by atomic mass is 32.1. The Morgan fingerprint density at radius 1 is 1.33 bits per heavy atom. The van der Waals surface area contributed by atoms with E-state index in [1.165, 1.54) is 17.8 Å². The van der Waals surface area contributed by atoms with Crippen LogP contribution in [0.4, 0.5) is 17.6 Å². The van der Waals surface area contributed by atoms with Crippen molar-refractivity contribution in [3.8, 4) is 11.4 Å². The van der Waals surface area contributed by atoms with Crippen LogP contribution in [-0.2, 0) is 13.2 Å². The Hall–Kier alpha value is -1.70. The second-order valence-electron chi connectivity index (χ2n) is 3.58. The van der Waals surface area contributed by atoms with Gasteiger partial charge in [0.05, 0.1) is 11.1 Å². The lowest BCUT2D eigenvalue weighted by atomic mass is 10.1. The van der Waals surface area contributed by atoms with Crippen molar-refractivity contribution in [1.29, 1.82) is 0 Å². The van der Waals surface area contributed by atoms with Crippen molar-refractivity contribution >= 4 is 12.2 Å². The van der Waals surface area contributed by atoms with Crippen LogP contribution >= 0.6 is 12.2 Å². The van der Waals surface area contributed by atoms with Gasteiger partial charge in [-0.25, -0.2) is 4.39 Å². The average Bonchev–Trinajstić information content (AvgIpc) is 2.57. The van der Waals surface area contributed by atoms with Gasteiger partial charge in [-0.1, -0.05) is 6.07 Å². The molecule has 0 unspecified atom stereocenters. The van der Waals surface area contributed by atoms with Crippen LogP contribution in [-0.4, -0.2) is 14.8 Å². The summed E-state index contributed by atoms with van der Waals surface area (Å²) in [4.78, 5) is 3.78. The van der Waals surface area contributed by atoms with Crippen LogP contribution in [0.2, 0.25) is 0 Å². The van der Waals surface area contributed by atoms with Gasteiger partial charge in [-0.15, -0.1) is 0 Å². The number of aromatic nitrogens is 3. The molecule has 1 aromatic carbocycles. The van der Waals surface area contributed by atoms with Crippen LogP contribution in [0.5, 0.6) is 0 Å². The summed E-state index contributed by atoms with van der Waals surface area (Å²) >= 11 is 4.80. The molecule has 0 aliphatic heterocycles. The van der Waals surface area contributed by atoms with Gasteiger partial charge >= 0.3 is 6.18 Å². The number of aromatic amines is 1. The third-order valence-electron chi connectivity index (χ3n) is 2.33. The normalized spacial score (nSPS) is 11.8. The number of rotatable bonds is 1. The van der Waals surface area contributed by atoms with E-state index in [2.05, 4.69) is 10.1 Å². The number of hydrogen-bond donors (Lipinski definition) is 1. The van der Waals surface area contributed by atoms with E-state index in [1.54, 1.807) is 0 Å². The van der Waals surface area contributed by atoms with Crippen molar-refractivity contribution in [3.05, 3.63) is 34.4 Å². The Morgan fingerprint density at radius 3 is 2.50 bits per heavy atom. The standard InChI is InChI=1S/C10H7F4N3S/c1-17-9(18)15-8(16-17)5-3-2-4-6(7(5)11)10(12,13)14/h2-4H,1H3,(H,15,16,18). The molecule has 0 amide bonds. The van der Waals surface area contributed by atoms with Gasteiger partial charge in [-0.2, -0.15) is 18.2 Å². The number of alkyl halides is 3. The first-order valence-electron chi connectivity index (χ1n) is 4.80. The SMILES string of the molecule is Cn1[nH]c(-c2cccc(C(F)(F)F)c2F)nc1=S. The molecule has 0 aliphatic rings. The van der Waals surface area contributed by atoms with Crippen LogP contribution in [0.25, 0.3) is 11.4 Å². The Kier molecular flexibility index (Phi) is 2.97. The van der Waals surface area contributed by atoms with E-state index in [1.807, 2.05) is 0 Å². The van der Waals surface area contributed by atoms with Crippen molar-refractivity contribution in [2.24, 2.45) is 7.05 Å². The van der Waals surface area contributed by atoms with E-state index in [0.29, 0.717) is 6.07 Å². The smallest absolute Gasteiger partial charge is 0.279 e. The predicted molar refractivity (Wildman–Crippen MR) is 58.8 cm³/mol. The maximum absolute atomic E-state index is 13.8. The number of nitrogens with one attached hydrogen (secondary N) is 1. The highest BCUT2D eigenvalue weighted by molar-refractivity contribution is 7.71. The first kappa shape index (κ1) is 12.7. The molecule has 8 heteroatoms. The van der Waals surface area contributed by atoms with Crippen LogP contribution in [0.1, 0.15) is 5.56 Å². The summed E-state index contributed by atoms with van der Waals surface area (Å²) in [6.45, 7) is 0. The lowest BCUT2D eigenvalue weighted by molar-refractivity contribution is -0.139. The molecule has 0 spiro atoms. The van der Waals surface area contributed by atoms with E-state index >= 15 is 0 Å². The maximum Gasteiger partial charge on any atom is 0.419 e. The molecule has 1 heterocycles. The molecule has 0 saturated carbocycles. The fraction of sp³-hybridized carbons (Fsp3) is 0.200. The summed E-state index contributed by atoms with van der Waals surface area (Å²) < 4.78 is 52.8. The molecule has 0 fully saturated rings. The average molecular weight is 277 g/mol. The molecule has 2 aromatic rings. The molecular weight excluding hydrogens is 270 g/mol. The van der Waals surface area contributed by atoms with Gasteiger partial charge < -0.3 is 0 Å². The van der Waals surface area contributed by atoms with Crippen molar-refractivity contribution in [3.63, 3.8) is 0 Å². The highest BCUT2D eigenvalue weighted by Gasteiger charge is 2.35. The van der Waals surface area contributed by atoms with E-state index in [-0.39, 0.29) is 16.2 Å². The molecule has 0 aliphatic carbocycles. The predicted octanol–water partition coefficient (Wildman–Crippen LogP) is 3.30. The molecule has 0 radical (unpaired) electrons. The lowest BCUT2D eigenvalue weighted by Crippen LogP contribution is -2.09. The third-order valence-corrected chi connectivity index (χ3v) is 2.69. The van der Waals surface area contributed by atoms with Crippen molar-refractivity contribution in [2.75, 3.05) is 0 Å². The molecule has 1 N–H and O–H groups in total. The zero-order valence-corrected chi connectivity index (χ0v) is 9.86. The fourth-order valence-corrected chi connectivity index (χ4v) is 1.59. The van der Waals surface area contributed by atoms with Gasteiger partial charge in [0.25, 0.3) is 0 Å². The second kappa shape index (κ2) is 4.20. The molecule has 96 valence electrons. The van der Waals surface area contributed by atoms with Gasteiger partial charge in [0.1, 0.15) is 5.82 Å². The van der Waals surface area contributed by atoms with Crippen LogP contribution < -0.4 is 0 Å². The molecule has 3 nitrogen and oxygen atoms in total. The largest absolute Gasteiger partial charge is 0.419 e. The zero-order chi connectivity index (χ0) is 13.5. The minimum atomic E-state index is -4.74. The molecule has 0 saturated heterocycles. The molecule has 2 rings (SSSR count). The monoisotopic (exact) mass is 277 g/mol. The summed E-state index contributed by atoms with van der Waals surface area (Å²) in [5.41, 5.74) is -1.60. The van der Waals surface area contributed by atoms with E-state index < -0.39 is 17.6 Å². The second-order valence-corrected chi connectivity index (χ2v) is 3.94. The van der Waals surface area contributed by atoms with Crippen LogP contribution in [0.3, 0.4) is 0 Å². The summed E-state index contributed by atoms with van der Waals surface area (Å²) in [5.74, 6) is -1.40. The molecule has 1 aromatic heterocycles. The minimum absolute atomic E-state index is 0.0360. The summed E-state index contributed by atoms with van der Waals surface area (Å²) in [6, 6.07) is 3.00. The minimum Gasteiger partial charge on any atom is -0.279 e. The Morgan fingerprint density at radius 2 is 2.00 bits per heavy atom. The third kappa shape index (κ3) is 2.15.